The second kappa shape index (κ2) is 7.21. The maximum absolute atomic E-state index is 12.6. The Bertz CT molecular complexity index is 985. The molecule has 0 fully saturated rings. The predicted octanol–water partition coefficient (Wildman–Crippen LogP) is 4.01. The number of anilines is 4. The zero-order valence-electron chi connectivity index (χ0n) is 14.4. The van der Waals surface area contributed by atoms with Crippen LogP contribution in [0, 0.1) is 0 Å². The Hall–Kier alpha value is -3.80. The van der Waals surface area contributed by atoms with Gasteiger partial charge in [-0.05, 0) is 48.5 Å². The van der Waals surface area contributed by atoms with Gasteiger partial charge in [-0.1, -0.05) is 24.3 Å². The highest BCUT2D eigenvalue weighted by Crippen LogP contribution is 2.32. The smallest absolute Gasteiger partial charge is 0.262 e. The fraction of sp³-hybridized carbons (Fsp3) is 0.0476. The fourth-order valence-corrected chi connectivity index (χ4v) is 2.82. The summed E-state index contributed by atoms with van der Waals surface area (Å²) in [5.74, 6) is -0.148. The number of hydrogen-bond acceptors (Lipinski definition) is 4. The lowest BCUT2D eigenvalue weighted by Gasteiger charge is -2.20. The number of rotatable bonds is 4. The molecule has 1 aliphatic heterocycles. The zero-order chi connectivity index (χ0) is 18.6. The number of fused-ring (bicyclic) bond motifs is 1. The van der Waals surface area contributed by atoms with E-state index in [4.69, 9.17) is 4.74 Å². The molecule has 27 heavy (non-hydrogen) atoms. The third kappa shape index (κ3) is 3.74. The minimum atomic E-state index is -0.299. The van der Waals surface area contributed by atoms with Crippen molar-refractivity contribution >= 4 is 34.6 Å². The third-order valence-electron chi connectivity index (χ3n) is 4.09. The van der Waals surface area contributed by atoms with Crippen molar-refractivity contribution in [3.8, 4) is 5.75 Å². The van der Waals surface area contributed by atoms with Gasteiger partial charge in [0.05, 0.1) is 11.3 Å². The van der Waals surface area contributed by atoms with Gasteiger partial charge in [0.2, 0.25) is 0 Å². The summed E-state index contributed by atoms with van der Waals surface area (Å²) in [6, 6.07) is 22.3. The van der Waals surface area contributed by atoms with Gasteiger partial charge in [-0.25, -0.2) is 0 Å². The van der Waals surface area contributed by atoms with Gasteiger partial charge in [0.1, 0.15) is 0 Å². The molecular formula is C21H17N3O3. The molecule has 0 saturated heterocycles. The van der Waals surface area contributed by atoms with Crippen LogP contribution in [0.5, 0.6) is 5.75 Å². The van der Waals surface area contributed by atoms with E-state index in [0.29, 0.717) is 22.7 Å². The Morgan fingerprint density at radius 3 is 2.33 bits per heavy atom. The summed E-state index contributed by atoms with van der Waals surface area (Å²) < 4.78 is 5.43. The number of ether oxygens (including phenoxy) is 1. The summed E-state index contributed by atoms with van der Waals surface area (Å²) in [5, 5.41) is 8.84. The van der Waals surface area contributed by atoms with Crippen molar-refractivity contribution < 1.29 is 14.3 Å². The van der Waals surface area contributed by atoms with Crippen LogP contribution in [0.3, 0.4) is 0 Å². The topological polar surface area (TPSA) is 79.5 Å². The van der Waals surface area contributed by atoms with Gasteiger partial charge in [0.15, 0.2) is 12.4 Å². The Morgan fingerprint density at radius 2 is 1.56 bits per heavy atom. The van der Waals surface area contributed by atoms with E-state index in [-0.39, 0.29) is 18.4 Å². The van der Waals surface area contributed by atoms with Crippen LogP contribution in [0.15, 0.2) is 72.8 Å². The van der Waals surface area contributed by atoms with Crippen LogP contribution in [0.25, 0.3) is 0 Å². The van der Waals surface area contributed by atoms with Crippen molar-refractivity contribution in [2.45, 2.75) is 0 Å². The van der Waals surface area contributed by atoms with Crippen molar-refractivity contribution in [2.75, 3.05) is 22.6 Å². The number of hydrogen-bond donors (Lipinski definition) is 3. The lowest BCUT2D eigenvalue weighted by Crippen LogP contribution is -2.27. The molecule has 1 aliphatic rings. The van der Waals surface area contributed by atoms with Gasteiger partial charge in [0.25, 0.3) is 11.8 Å². The SMILES string of the molecule is O=C1COc2c(cccc2C(=O)Nc2ccc(Nc3ccccc3)cc2)N1. The van der Waals surface area contributed by atoms with Gasteiger partial charge < -0.3 is 20.7 Å². The molecule has 134 valence electrons. The van der Waals surface area contributed by atoms with E-state index in [9.17, 15) is 9.59 Å². The van der Waals surface area contributed by atoms with Crippen molar-refractivity contribution in [2.24, 2.45) is 0 Å². The van der Waals surface area contributed by atoms with Gasteiger partial charge in [-0.3, -0.25) is 9.59 Å². The standard InChI is InChI=1S/C21H17N3O3/c25-19-13-27-20-17(7-4-8-18(20)24-19)21(26)23-16-11-9-15(10-12-16)22-14-5-2-1-3-6-14/h1-12,22H,13H2,(H,23,26)(H,24,25). The highest BCUT2D eigenvalue weighted by atomic mass is 16.5. The van der Waals surface area contributed by atoms with Crippen LogP contribution in [0.4, 0.5) is 22.7 Å². The predicted molar refractivity (Wildman–Crippen MR) is 105 cm³/mol. The average molecular weight is 359 g/mol. The second-order valence-corrected chi connectivity index (χ2v) is 6.04. The van der Waals surface area contributed by atoms with Crippen LogP contribution in [0.2, 0.25) is 0 Å². The molecule has 0 unspecified atom stereocenters. The van der Waals surface area contributed by atoms with Crippen LogP contribution in [-0.4, -0.2) is 18.4 Å². The third-order valence-corrected chi connectivity index (χ3v) is 4.09. The molecule has 0 aliphatic carbocycles. The molecule has 0 bridgehead atoms. The molecule has 4 rings (SSSR count). The molecule has 6 nitrogen and oxygen atoms in total. The summed E-state index contributed by atoms with van der Waals surface area (Å²) in [7, 11) is 0. The lowest BCUT2D eigenvalue weighted by molar-refractivity contribution is -0.118. The Labute approximate surface area is 156 Å². The molecule has 0 aromatic heterocycles. The summed E-state index contributed by atoms with van der Waals surface area (Å²) >= 11 is 0. The number of carbonyl (C=O) groups is 2. The summed E-state index contributed by atoms with van der Waals surface area (Å²) in [4.78, 5) is 24.0. The number of carbonyl (C=O) groups excluding carboxylic acids is 2. The van der Waals surface area contributed by atoms with Crippen molar-refractivity contribution in [3.63, 3.8) is 0 Å². The van der Waals surface area contributed by atoms with Crippen LogP contribution >= 0.6 is 0 Å². The first kappa shape index (κ1) is 16.7. The van der Waals surface area contributed by atoms with Crippen molar-refractivity contribution in [1.29, 1.82) is 0 Å². The number of amides is 2. The summed E-state index contributed by atoms with van der Waals surface area (Å²) in [6.07, 6.45) is 0. The van der Waals surface area contributed by atoms with E-state index >= 15 is 0 Å². The molecule has 3 N–H and O–H groups in total. The highest BCUT2D eigenvalue weighted by Gasteiger charge is 2.22. The Kier molecular flexibility index (Phi) is 4.45. The first-order chi connectivity index (χ1) is 13.2. The molecule has 1 heterocycles. The maximum atomic E-state index is 12.6. The number of para-hydroxylation sites is 2. The van der Waals surface area contributed by atoms with Gasteiger partial charge in [-0.2, -0.15) is 0 Å². The Balaban J connectivity index is 1.47. The maximum Gasteiger partial charge on any atom is 0.262 e. The molecule has 0 spiro atoms. The first-order valence-electron chi connectivity index (χ1n) is 8.48. The average Bonchev–Trinajstić information content (AvgIpc) is 2.69. The molecule has 2 amide bonds. The molecule has 0 saturated carbocycles. The van der Waals surface area contributed by atoms with E-state index < -0.39 is 0 Å². The molecule has 3 aromatic carbocycles. The van der Waals surface area contributed by atoms with E-state index in [1.54, 1.807) is 18.2 Å². The highest BCUT2D eigenvalue weighted by molar-refractivity contribution is 6.09. The second-order valence-electron chi connectivity index (χ2n) is 6.04. The molecule has 0 atom stereocenters. The number of nitrogens with one attached hydrogen (secondary N) is 3. The van der Waals surface area contributed by atoms with Crippen LogP contribution in [0.1, 0.15) is 10.4 Å². The van der Waals surface area contributed by atoms with Gasteiger partial charge in [-0.15, -0.1) is 0 Å². The largest absolute Gasteiger partial charge is 0.481 e. The Morgan fingerprint density at radius 1 is 0.852 bits per heavy atom. The van der Waals surface area contributed by atoms with E-state index in [1.807, 2.05) is 54.6 Å². The summed E-state index contributed by atoms with van der Waals surface area (Å²) in [6.45, 7) is -0.100. The lowest BCUT2D eigenvalue weighted by atomic mass is 10.1. The van der Waals surface area contributed by atoms with Crippen LogP contribution < -0.4 is 20.7 Å². The quantitative estimate of drug-likeness (QED) is 0.657. The van der Waals surface area contributed by atoms with E-state index in [1.165, 1.54) is 0 Å². The van der Waals surface area contributed by atoms with Gasteiger partial charge in [0, 0.05) is 17.1 Å². The van der Waals surface area contributed by atoms with E-state index in [0.717, 1.165) is 11.4 Å². The fourth-order valence-electron chi connectivity index (χ4n) is 2.82. The molecule has 6 heteroatoms. The first-order valence-corrected chi connectivity index (χ1v) is 8.48. The van der Waals surface area contributed by atoms with Crippen molar-refractivity contribution in [3.05, 3.63) is 78.4 Å². The monoisotopic (exact) mass is 359 g/mol. The normalized spacial score (nSPS) is 12.4. The van der Waals surface area contributed by atoms with Gasteiger partial charge >= 0.3 is 0 Å². The minimum absolute atomic E-state index is 0.100. The minimum Gasteiger partial charge on any atom is -0.481 e. The zero-order valence-corrected chi connectivity index (χ0v) is 14.4. The molecule has 3 aromatic rings. The van der Waals surface area contributed by atoms with Crippen LogP contribution in [-0.2, 0) is 4.79 Å². The summed E-state index contributed by atoms with van der Waals surface area (Å²) in [5.41, 5.74) is 3.45. The van der Waals surface area contributed by atoms with E-state index in [2.05, 4.69) is 16.0 Å². The number of benzene rings is 3. The molecular weight excluding hydrogens is 342 g/mol. The molecule has 0 radical (unpaired) electrons. The van der Waals surface area contributed by atoms with Crippen molar-refractivity contribution in [1.82, 2.24) is 0 Å².